The van der Waals surface area contributed by atoms with E-state index in [9.17, 15) is 22.8 Å². The summed E-state index contributed by atoms with van der Waals surface area (Å²) in [6.07, 6.45) is 6.24. The zero-order valence-corrected chi connectivity index (χ0v) is 22.0. The first-order chi connectivity index (χ1) is 19.7. The van der Waals surface area contributed by atoms with E-state index in [4.69, 9.17) is 10.7 Å². The number of aryl methyl sites for hydroxylation is 1. The fraction of sp³-hybridized carbons (Fsp3) is 0.276. The van der Waals surface area contributed by atoms with Gasteiger partial charge in [0.2, 0.25) is 5.91 Å². The number of carbonyl (C=O) groups is 2. The summed E-state index contributed by atoms with van der Waals surface area (Å²) in [7, 11) is 0. The van der Waals surface area contributed by atoms with Crippen molar-refractivity contribution in [2.45, 2.75) is 44.7 Å². The zero-order valence-electron chi connectivity index (χ0n) is 22.0. The van der Waals surface area contributed by atoms with E-state index in [0.29, 0.717) is 54.8 Å². The molecule has 41 heavy (non-hydrogen) atoms. The van der Waals surface area contributed by atoms with Crippen LogP contribution in [0.4, 0.5) is 24.8 Å². The molecule has 4 aromatic rings. The SMILES string of the molecule is Nc1ncc2n3c(nc(-c4ccc(C(=O)Nc5cc(C(F)(F)F)ccn5)cc4)c13)CCCNC(=O)CCCC=CC2. The average Bonchev–Trinajstić information content (AvgIpc) is 3.34. The first kappa shape index (κ1) is 27.8. The fourth-order valence-corrected chi connectivity index (χ4v) is 4.70. The highest BCUT2D eigenvalue weighted by atomic mass is 19.4. The molecule has 0 atom stereocenters. The van der Waals surface area contributed by atoms with Gasteiger partial charge < -0.3 is 16.4 Å². The zero-order chi connectivity index (χ0) is 29.0. The van der Waals surface area contributed by atoms with Gasteiger partial charge in [0.05, 0.1) is 5.56 Å². The van der Waals surface area contributed by atoms with Gasteiger partial charge in [-0.2, -0.15) is 13.2 Å². The van der Waals surface area contributed by atoms with Gasteiger partial charge in [0.1, 0.15) is 28.7 Å². The number of rotatable bonds is 3. The van der Waals surface area contributed by atoms with Crippen LogP contribution in [0.3, 0.4) is 0 Å². The van der Waals surface area contributed by atoms with Crippen LogP contribution < -0.4 is 16.4 Å². The average molecular weight is 564 g/mol. The Morgan fingerprint density at radius 2 is 1.85 bits per heavy atom. The van der Waals surface area contributed by atoms with E-state index < -0.39 is 17.6 Å². The molecule has 4 N–H and O–H groups in total. The second kappa shape index (κ2) is 11.8. The van der Waals surface area contributed by atoms with E-state index in [1.165, 1.54) is 0 Å². The van der Waals surface area contributed by atoms with Crippen LogP contribution in [-0.2, 0) is 23.8 Å². The van der Waals surface area contributed by atoms with Gasteiger partial charge in [-0.15, -0.1) is 0 Å². The number of alkyl halides is 3. The third kappa shape index (κ3) is 6.37. The number of nitrogens with one attached hydrogen (secondary N) is 2. The van der Waals surface area contributed by atoms with Gasteiger partial charge in [-0.05, 0) is 43.5 Å². The predicted molar refractivity (Wildman–Crippen MR) is 148 cm³/mol. The van der Waals surface area contributed by atoms with Crippen LogP contribution in [0.15, 0.2) is 60.9 Å². The van der Waals surface area contributed by atoms with Crippen molar-refractivity contribution in [2.24, 2.45) is 0 Å². The molecule has 9 nitrogen and oxygen atoms in total. The first-order valence-electron chi connectivity index (χ1n) is 13.2. The number of nitrogens with zero attached hydrogens (tertiary/aromatic N) is 4. The molecule has 1 aliphatic rings. The van der Waals surface area contributed by atoms with Gasteiger partial charge >= 0.3 is 6.18 Å². The van der Waals surface area contributed by atoms with Gasteiger partial charge in [0, 0.05) is 55.0 Å². The van der Waals surface area contributed by atoms with Crippen molar-refractivity contribution in [1.29, 1.82) is 0 Å². The van der Waals surface area contributed by atoms with Gasteiger partial charge in [-0.25, -0.2) is 15.0 Å². The topological polar surface area (TPSA) is 127 Å². The Hall–Kier alpha value is -4.74. The van der Waals surface area contributed by atoms with Crippen molar-refractivity contribution in [2.75, 3.05) is 17.6 Å². The Labute approximate surface area is 233 Å². The maximum absolute atomic E-state index is 13.0. The molecule has 0 bridgehead atoms. The molecule has 0 saturated carbocycles. The molecule has 5 rings (SSSR count). The smallest absolute Gasteiger partial charge is 0.382 e. The number of hydrogen-bond donors (Lipinski definition) is 3. The maximum atomic E-state index is 13.0. The van der Waals surface area contributed by atoms with Crippen LogP contribution >= 0.6 is 0 Å². The normalized spacial score (nSPS) is 14.9. The molecule has 0 fully saturated rings. The van der Waals surface area contributed by atoms with Crippen LogP contribution in [0, 0.1) is 0 Å². The summed E-state index contributed by atoms with van der Waals surface area (Å²) in [5.41, 5.74) is 8.52. The summed E-state index contributed by atoms with van der Waals surface area (Å²) in [4.78, 5) is 37.9. The second-order valence-electron chi connectivity index (χ2n) is 9.68. The molecule has 12 heteroatoms. The van der Waals surface area contributed by atoms with Crippen LogP contribution in [0.5, 0.6) is 0 Å². The largest absolute Gasteiger partial charge is 0.416 e. The number of imidazole rings is 1. The van der Waals surface area contributed by atoms with Crippen molar-refractivity contribution in [3.63, 3.8) is 0 Å². The standard InChI is InChI=1S/C29H28F3N7O2/c30-29(31,32)20-13-15-34-22(16-20)37-28(41)19-11-9-18(10-12-19)25-26-27(33)36-17-21-6-3-1-2-4-8-24(40)35-14-5-7-23(38-25)39(21)26/h1,3,9-13,15-17H,2,4-8,14H2,(H2,33,36)(H,35,40)(H,34,37,41). The molecule has 0 unspecified atom stereocenters. The number of allylic oxidation sites excluding steroid dienone is 2. The summed E-state index contributed by atoms with van der Waals surface area (Å²) in [6.45, 7) is 0.527. The Kier molecular flexibility index (Phi) is 7.99. The Balaban J connectivity index is 1.44. The number of benzene rings is 1. The number of nitrogen functional groups attached to an aromatic ring is 1. The predicted octanol–water partition coefficient (Wildman–Crippen LogP) is 4.98. The number of hydrogen-bond acceptors (Lipinski definition) is 6. The Bertz CT molecular complexity index is 1610. The molecule has 0 spiro atoms. The lowest BCUT2D eigenvalue weighted by Gasteiger charge is -2.10. The minimum absolute atomic E-state index is 0.0335. The van der Waals surface area contributed by atoms with E-state index in [2.05, 4.69) is 26.7 Å². The number of amides is 2. The van der Waals surface area contributed by atoms with Crippen LogP contribution in [0.2, 0.25) is 0 Å². The molecule has 0 aliphatic carbocycles. The number of pyridine rings is 1. The van der Waals surface area contributed by atoms with Gasteiger partial charge in [-0.3, -0.25) is 14.0 Å². The van der Waals surface area contributed by atoms with Crippen LogP contribution in [-0.4, -0.2) is 37.7 Å². The van der Waals surface area contributed by atoms with Gasteiger partial charge in [0.15, 0.2) is 0 Å². The minimum atomic E-state index is -4.55. The van der Waals surface area contributed by atoms with E-state index in [1.807, 2.05) is 10.5 Å². The van der Waals surface area contributed by atoms with E-state index in [-0.39, 0.29) is 17.3 Å². The van der Waals surface area contributed by atoms with Crippen molar-refractivity contribution in [3.8, 4) is 11.3 Å². The van der Waals surface area contributed by atoms with E-state index in [1.54, 1.807) is 30.5 Å². The van der Waals surface area contributed by atoms with Crippen molar-refractivity contribution in [3.05, 3.63) is 83.6 Å². The number of halogens is 3. The molecule has 2 amide bonds. The van der Waals surface area contributed by atoms with Crippen LogP contribution in [0.1, 0.15) is 53.1 Å². The third-order valence-corrected chi connectivity index (χ3v) is 6.75. The number of aromatic nitrogens is 4. The van der Waals surface area contributed by atoms with Crippen molar-refractivity contribution < 1.29 is 22.8 Å². The molecule has 1 aromatic carbocycles. The molecule has 3 aromatic heterocycles. The highest BCUT2D eigenvalue weighted by Gasteiger charge is 2.31. The summed E-state index contributed by atoms with van der Waals surface area (Å²) >= 11 is 0. The first-order valence-corrected chi connectivity index (χ1v) is 13.2. The molecule has 0 radical (unpaired) electrons. The summed E-state index contributed by atoms with van der Waals surface area (Å²) in [5.74, 6) is 0.305. The van der Waals surface area contributed by atoms with Gasteiger partial charge in [0.25, 0.3) is 5.91 Å². The summed E-state index contributed by atoms with van der Waals surface area (Å²) in [6, 6.07) is 8.14. The molecule has 1 aliphatic heterocycles. The highest BCUT2D eigenvalue weighted by molar-refractivity contribution is 6.04. The molecule has 4 heterocycles. The molecular weight excluding hydrogens is 535 g/mol. The number of carbonyl (C=O) groups excluding carboxylic acids is 2. The van der Waals surface area contributed by atoms with Crippen molar-refractivity contribution >= 4 is 29.0 Å². The molecule has 0 saturated heterocycles. The second-order valence-corrected chi connectivity index (χ2v) is 9.68. The highest BCUT2D eigenvalue weighted by Crippen LogP contribution is 2.31. The maximum Gasteiger partial charge on any atom is 0.416 e. The quantitative estimate of drug-likeness (QED) is 0.302. The fourth-order valence-electron chi connectivity index (χ4n) is 4.70. The summed E-state index contributed by atoms with van der Waals surface area (Å²) < 4.78 is 41.1. The van der Waals surface area contributed by atoms with Gasteiger partial charge in [-0.1, -0.05) is 24.3 Å². The Morgan fingerprint density at radius 3 is 2.63 bits per heavy atom. The lowest BCUT2D eigenvalue weighted by molar-refractivity contribution is -0.137. The van der Waals surface area contributed by atoms with Crippen LogP contribution in [0.25, 0.3) is 16.8 Å². The van der Waals surface area contributed by atoms with Crippen molar-refractivity contribution in [1.82, 2.24) is 24.7 Å². The van der Waals surface area contributed by atoms with E-state index >= 15 is 0 Å². The number of nitrogens with two attached hydrogens (primary N) is 1. The molecule has 212 valence electrons. The third-order valence-electron chi connectivity index (χ3n) is 6.75. The van der Waals surface area contributed by atoms with E-state index in [0.717, 1.165) is 42.7 Å². The molecular formula is C29H28F3N7O2. The minimum Gasteiger partial charge on any atom is -0.382 e. The lowest BCUT2D eigenvalue weighted by atomic mass is 10.1. The lowest BCUT2D eigenvalue weighted by Crippen LogP contribution is -2.24. The Morgan fingerprint density at radius 1 is 1.05 bits per heavy atom. The number of anilines is 2. The monoisotopic (exact) mass is 563 g/mol. The summed E-state index contributed by atoms with van der Waals surface area (Å²) in [5, 5.41) is 5.36.